The average Bonchev–Trinajstić information content (AvgIpc) is 2.67. The number of rotatable bonds is 7. The molecule has 7 nitrogen and oxygen atoms in total. The van der Waals surface area contributed by atoms with Crippen LogP contribution in [0.1, 0.15) is 12.0 Å². The summed E-state index contributed by atoms with van der Waals surface area (Å²) in [7, 11) is 0. The molecule has 0 bridgehead atoms. The Kier molecular flexibility index (Phi) is 6.26. The molecular weight excluding hydrogens is 358 g/mol. The highest BCUT2D eigenvalue weighted by Gasteiger charge is 2.18. The van der Waals surface area contributed by atoms with Gasteiger partial charge in [-0.1, -0.05) is 18.2 Å². The number of carbonyl (C=O) groups is 1. The van der Waals surface area contributed by atoms with E-state index in [4.69, 9.17) is 5.11 Å². The monoisotopic (exact) mass is 381 g/mol. The molecule has 3 rings (SSSR count). The van der Waals surface area contributed by atoms with Gasteiger partial charge in [-0.2, -0.15) is 5.26 Å². The number of fused-ring (bicyclic) bond motifs is 1. The van der Waals surface area contributed by atoms with Gasteiger partial charge >= 0.3 is 0 Å². The Morgan fingerprint density at radius 2 is 1.89 bits per heavy atom. The normalized spacial score (nSPS) is 16.2. The van der Waals surface area contributed by atoms with Crippen molar-refractivity contribution < 1.29 is 20.1 Å². The first-order valence-electron chi connectivity index (χ1n) is 9.17. The van der Waals surface area contributed by atoms with Gasteiger partial charge < -0.3 is 25.5 Å². The van der Waals surface area contributed by atoms with Crippen LogP contribution in [0.25, 0.3) is 16.8 Å². The Morgan fingerprint density at radius 3 is 2.54 bits per heavy atom. The molecule has 28 heavy (non-hydrogen) atoms. The van der Waals surface area contributed by atoms with Crippen LogP contribution in [-0.4, -0.2) is 59.7 Å². The number of benzene rings is 2. The molecule has 1 aliphatic rings. The highest BCUT2D eigenvalue weighted by atomic mass is 16.4. The highest BCUT2D eigenvalue weighted by molar-refractivity contribution is 6.02. The molecule has 0 aromatic heterocycles. The van der Waals surface area contributed by atoms with Gasteiger partial charge in [0.15, 0.2) is 0 Å². The van der Waals surface area contributed by atoms with Gasteiger partial charge in [0.1, 0.15) is 17.7 Å². The second kappa shape index (κ2) is 8.85. The molecule has 7 heteroatoms. The smallest absolute Gasteiger partial charge is 0.262 e. The van der Waals surface area contributed by atoms with Crippen molar-refractivity contribution in [2.45, 2.75) is 18.6 Å². The second-order valence-corrected chi connectivity index (χ2v) is 6.83. The van der Waals surface area contributed by atoms with E-state index in [2.05, 4.69) is 22.3 Å². The molecule has 2 atom stereocenters. The summed E-state index contributed by atoms with van der Waals surface area (Å²) in [4.78, 5) is 14.5. The van der Waals surface area contributed by atoms with Crippen LogP contribution in [0.2, 0.25) is 0 Å². The van der Waals surface area contributed by atoms with Crippen molar-refractivity contribution in [1.82, 2.24) is 5.32 Å². The van der Waals surface area contributed by atoms with Crippen LogP contribution in [0.5, 0.6) is 0 Å². The van der Waals surface area contributed by atoms with Crippen LogP contribution in [0, 0.1) is 11.3 Å². The molecule has 1 aliphatic heterocycles. The summed E-state index contributed by atoms with van der Waals surface area (Å²) >= 11 is 0. The zero-order chi connectivity index (χ0) is 20.1. The minimum absolute atomic E-state index is 0.109. The lowest BCUT2D eigenvalue weighted by Crippen LogP contribution is -2.40. The lowest BCUT2D eigenvalue weighted by atomic mass is 10.0. The third-order valence-electron chi connectivity index (χ3n) is 4.85. The summed E-state index contributed by atoms with van der Waals surface area (Å²) in [6.45, 7) is 1.28. The van der Waals surface area contributed by atoms with Gasteiger partial charge in [-0.15, -0.1) is 0 Å². The number of nitrogens with one attached hydrogen (secondary N) is 1. The van der Waals surface area contributed by atoms with Crippen molar-refractivity contribution in [3.63, 3.8) is 0 Å². The first-order chi connectivity index (χ1) is 13.5. The summed E-state index contributed by atoms with van der Waals surface area (Å²) in [5.41, 5.74) is 1.80. The first-order valence-corrected chi connectivity index (χ1v) is 9.17. The third kappa shape index (κ3) is 4.49. The lowest BCUT2D eigenvalue weighted by Gasteiger charge is -2.33. The van der Waals surface area contributed by atoms with Crippen molar-refractivity contribution in [3.8, 4) is 6.07 Å². The summed E-state index contributed by atoms with van der Waals surface area (Å²) < 4.78 is 0. The molecule has 0 saturated carbocycles. The zero-order valence-electron chi connectivity index (χ0n) is 15.4. The molecule has 0 aliphatic carbocycles. The van der Waals surface area contributed by atoms with Gasteiger partial charge in [0.2, 0.25) is 0 Å². The molecular formula is C21H23N3O4. The zero-order valence-corrected chi connectivity index (χ0v) is 15.4. The highest BCUT2D eigenvalue weighted by Crippen LogP contribution is 2.26. The fourth-order valence-corrected chi connectivity index (χ4v) is 2.98. The van der Waals surface area contributed by atoms with Crippen molar-refractivity contribution in [2.75, 3.05) is 31.1 Å². The van der Waals surface area contributed by atoms with Crippen LogP contribution in [-0.2, 0) is 4.79 Å². The maximum Gasteiger partial charge on any atom is 0.262 e. The molecule has 146 valence electrons. The number of amides is 1. The maximum atomic E-state index is 12.2. The minimum atomic E-state index is -1.35. The molecule has 1 saturated heterocycles. The summed E-state index contributed by atoms with van der Waals surface area (Å²) in [5, 5.41) is 41.4. The fraction of sp³-hybridized carbons (Fsp3) is 0.333. The van der Waals surface area contributed by atoms with Gasteiger partial charge in [0.25, 0.3) is 5.91 Å². The van der Waals surface area contributed by atoms with Crippen LogP contribution < -0.4 is 10.2 Å². The predicted octanol–water partition coefficient (Wildman–Crippen LogP) is 0.787. The molecule has 4 N–H and O–H groups in total. The topological polar surface area (TPSA) is 117 Å². The van der Waals surface area contributed by atoms with E-state index in [0.29, 0.717) is 5.56 Å². The Morgan fingerprint density at radius 1 is 1.18 bits per heavy atom. The van der Waals surface area contributed by atoms with E-state index in [0.717, 1.165) is 23.9 Å². The second-order valence-electron chi connectivity index (χ2n) is 6.83. The number of nitrogens with zero attached hydrogens (tertiary/aromatic N) is 2. The Hall–Kier alpha value is -2.92. The van der Waals surface area contributed by atoms with Crippen molar-refractivity contribution in [1.29, 1.82) is 5.26 Å². The van der Waals surface area contributed by atoms with E-state index in [1.165, 1.54) is 18.2 Å². The Bertz CT molecular complexity index is 931. The first kappa shape index (κ1) is 19.8. The SMILES string of the molecule is N#C/C(=C\c1ccc2cc(N3CCC3)ccc2c1)C(=O)NCC(O)C(O)CO. The average molecular weight is 381 g/mol. The van der Waals surface area contributed by atoms with E-state index in [1.54, 1.807) is 0 Å². The molecule has 2 unspecified atom stereocenters. The summed E-state index contributed by atoms with van der Waals surface area (Å²) in [6, 6.07) is 13.8. The van der Waals surface area contributed by atoms with Gasteiger partial charge in [-0.3, -0.25) is 4.79 Å². The Balaban J connectivity index is 1.73. The quantitative estimate of drug-likeness (QED) is 0.416. The molecule has 1 fully saturated rings. The summed E-state index contributed by atoms with van der Waals surface area (Å²) in [6.07, 6.45) is 0.0376. The number of aliphatic hydroxyl groups is 3. The fourth-order valence-electron chi connectivity index (χ4n) is 2.98. The van der Waals surface area contributed by atoms with E-state index >= 15 is 0 Å². The number of hydrogen-bond acceptors (Lipinski definition) is 6. The van der Waals surface area contributed by atoms with Gasteiger partial charge in [0.05, 0.1) is 12.7 Å². The van der Waals surface area contributed by atoms with E-state index in [-0.39, 0.29) is 12.1 Å². The van der Waals surface area contributed by atoms with Gasteiger partial charge in [-0.05, 0) is 47.0 Å². The Labute approximate surface area is 163 Å². The van der Waals surface area contributed by atoms with Crippen molar-refractivity contribution in [2.24, 2.45) is 0 Å². The van der Waals surface area contributed by atoms with Crippen LogP contribution >= 0.6 is 0 Å². The van der Waals surface area contributed by atoms with E-state index in [1.807, 2.05) is 30.3 Å². The lowest BCUT2D eigenvalue weighted by molar-refractivity contribution is -0.118. The summed E-state index contributed by atoms with van der Waals surface area (Å²) in [5.74, 6) is -0.653. The largest absolute Gasteiger partial charge is 0.394 e. The van der Waals surface area contributed by atoms with Crippen LogP contribution in [0.3, 0.4) is 0 Å². The van der Waals surface area contributed by atoms with E-state index < -0.39 is 24.7 Å². The molecule has 1 amide bonds. The third-order valence-corrected chi connectivity index (χ3v) is 4.85. The predicted molar refractivity (Wildman–Crippen MR) is 106 cm³/mol. The van der Waals surface area contributed by atoms with Crippen LogP contribution in [0.4, 0.5) is 5.69 Å². The number of nitriles is 1. The van der Waals surface area contributed by atoms with Crippen LogP contribution in [0.15, 0.2) is 42.0 Å². The van der Waals surface area contributed by atoms with Gasteiger partial charge in [0, 0.05) is 25.3 Å². The molecule has 2 aromatic carbocycles. The van der Waals surface area contributed by atoms with Gasteiger partial charge in [-0.25, -0.2) is 0 Å². The minimum Gasteiger partial charge on any atom is -0.394 e. The van der Waals surface area contributed by atoms with Crippen molar-refractivity contribution >= 4 is 28.4 Å². The molecule has 0 spiro atoms. The molecule has 0 radical (unpaired) electrons. The van der Waals surface area contributed by atoms with E-state index in [9.17, 15) is 20.3 Å². The molecule has 2 aromatic rings. The standard InChI is InChI=1S/C21H23N3O4/c22-11-17(21(28)23-12-19(26)20(27)13-25)9-14-2-3-16-10-18(24-6-1-7-24)5-4-15(16)8-14/h2-5,8-10,19-20,25-27H,1,6-7,12-13H2,(H,23,28)/b17-9+. The van der Waals surface area contributed by atoms with Crippen molar-refractivity contribution in [3.05, 3.63) is 47.5 Å². The number of aliphatic hydroxyl groups excluding tert-OH is 3. The molecule has 1 heterocycles. The number of anilines is 1. The maximum absolute atomic E-state index is 12.2. The number of carbonyl (C=O) groups excluding carboxylic acids is 1. The number of hydrogen-bond donors (Lipinski definition) is 4.